The predicted octanol–water partition coefficient (Wildman–Crippen LogP) is 2.26. The molecule has 5 saturated carbocycles. The van der Waals surface area contributed by atoms with Crippen molar-refractivity contribution in [3.05, 3.63) is 0 Å². The van der Waals surface area contributed by atoms with Gasteiger partial charge in [-0.25, -0.2) is 0 Å². The highest BCUT2D eigenvalue weighted by Crippen LogP contribution is 2.60. The summed E-state index contributed by atoms with van der Waals surface area (Å²) >= 11 is 1.42. The summed E-state index contributed by atoms with van der Waals surface area (Å²) < 4.78 is 0. The Kier molecular flexibility index (Phi) is 5.55. The van der Waals surface area contributed by atoms with Crippen LogP contribution in [0.3, 0.4) is 0 Å². The quantitative estimate of drug-likeness (QED) is 0.498. The van der Waals surface area contributed by atoms with Gasteiger partial charge < -0.3 is 0 Å². The molecule has 1 heterocycles. The van der Waals surface area contributed by atoms with Gasteiger partial charge in [-0.15, -0.1) is 0 Å². The number of likely N-dealkylation sites (tertiary alicyclic amines) is 1. The zero-order chi connectivity index (χ0) is 21.8. The molecule has 2 N–H and O–H groups in total. The summed E-state index contributed by atoms with van der Waals surface area (Å²) in [6.07, 6.45) is 11.7. The smallest absolute Gasteiger partial charge is 0.262 e. The molecule has 4 bridgehead atoms. The first kappa shape index (κ1) is 21.3. The van der Waals surface area contributed by atoms with Crippen LogP contribution in [0.2, 0.25) is 0 Å². The fourth-order valence-corrected chi connectivity index (χ4v) is 8.26. The standard InChI is InChI=1S/C23H33N3O4S/c1-31-12-18(26-20(28)16-4-2-3-5-17(16)21(26)29)19(27)24-25-22(30)23-9-13-6-14(10-23)8-15(7-13)11-23/h13-18H,2-12H2,1H3,(H,24,27)(H,25,30)/t13?,14?,15?,16-,17+,18-,23?/m1/s1. The lowest BCUT2D eigenvalue weighted by molar-refractivity contribution is -0.151. The zero-order valence-electron chi connectivity index (χ0n) is 18.2. The molecule has 0 spiro atoms. The Labute approximate surface area is 187 Å². The predicted molar refractivity (Wildman–Crippen MR) is 116 cm³/mol. The fourth-order valence-electron chi connectivity index (χ4n) is 7.64. The van der Waals surface area contributed by atoms with Crippen molar-refractivity contribution in [1.29, 1.82) is 0 Å². The van der Waals surface area contributed by atoms with Crippen LogP contribution in [-0.4, -0.2) is 46.6 Å². The number of hydrazine groups is 1. The van der Waals surface area contributed by atoms with Gasteiger partial charge in [0, 0.05) is 5.75 Å². The number of amides is 4. The third-order valence-electron chi connectivity index (χ3n) is 8.63. The minimum absolute atomic E-state index is 0.0874. The maximum atomic E-state index is 13.2. The Morgan fingerprint density at radius 1 is 0.968 bits per heavy atom. The first-order valence-corrected chi connectivity index (χ1v) is 13.3. The molecule has 8 heteroatoms. The maximum Gasteiger partial charge on any atom is 0.262 e. The minimum Gasteiger partial charge on any atom is -0.274 e. The van der Waals surface area contributed by atoms with E-state index in [0.29, 0.717) is 23.5 Å². The lowest BCUT2D eigenvalue weighted by atomic mass is 9.49. The van der Waals surface area contributed by atoms with E-state index in [1.165, 1.54) is 35.9 Å². The maximum absolute atomic E-state index is 13.2. The van der Waals surface area contributed by atoms with E-state index in [1.807, 2.05) is 6.26 Å². The highest BCUT2D eigenvalue weighted by Gasteiger charge is 2.55. The minimum atomic E-state index is -0.878. The number of fused-ring (bicyclic) bond motifs is 1. The second kappa shape index (κ2) is 8.09. The zero-order valence-corrected chi connectivity index (χ0v) is 19.0. The second-order valence-electron chi connectivity index (χ2n) is 10.7. The highest BCUT2D eigenvalue weighted by molar-refractivity contribution is 7.98. The molecule has 0 radical (unpaired) electrons. The van der Waals surface area contributed by atoms with Gasteiger partial charge in [-0.1, -0.05) is 12.8 Å². The van der Waals surface area contributed by atoms with Crippen molar-refractivity contribution in [3.63, 3.8) is 0 Å². The van der Waals surface area contributed by atoms with Gasteiger partial charge in [0.1, 0.15) is 6.04 Å². The summed E-state index contributed by atoms with van der Waals surface area (Å²) in [6.45, 7) is 0. The third kappa shape index (κ3) is 3.58. The summed E-state index contributed by atoms with van der Waals surface area (Å²) in [7, 11) is 0. The second-order valence-corrected chi connectivity index (χ2v) is 11.6. The lowest BCUT2D eigenvalue weighted by Crippen LogP contribution is -2.60. The van der Waals surface area contributed by atoms with E-state index in [4.69, 9.17) is 0 Å². The van der Waals surface area contributed by atoms with Crippen LogP contribution in [0.15, 0.2) is 0 Å². The average molecular weight is 448 g/mol. The van der Waals surface area contributed by atoms with E-state index in [-0.39, 0.29) is 35.0 Å². The molecule has 3 atom stereocenters. The number of nitrogens with zero attached hydrogens (tertiary/aromatic N) is 1. The van der Waals surface area contributed by atoms with Crippen molar-refractivity contribution in [1.82, 2.24) is 15.8 Å². The molecular formula is C23H33N3O4S. The number of carbonyl (C=O) groups excluding carboxylic acids is 4. The first-order valence-electron chi connectivity index (χ1n) is 11.9. The Bertz CT molecular complexity index is 740. The van der Waals surface area contributed by atoms with Crippen molar-refractivity contribution in [3.8, 4) is 0 Å². The Balaban J connectivity index is 1.26. The first-order chi connectivity index (χ1) is 14.9. The van der Waals surface area contributed by atoms with Crippen molar-refractivity contribution >= 4 is 35.4 Å². The van der Waals surface area contributed by atoms with Crippen LogP contribution in [0.25, 0.3) is 0 Å². The van der Waals surface area contributed by atoms with Crippen molar-refractivity contribution < 1.29 is 19.2 Å². The summed E-state index contributed by atoms with van der Waals surface area (Å²) in [5.74, 6) is 0.715. The van der Waals surface area contributed by atoms with Gasteiger partial charge in [0.05, 0.1) is 17.3 Å². The molecule has 0 unspecified atom stereocenters. The van der Waals surface area contributed by atoms with Gasteiger partial charge >= 0.3 is 0 Å². The van der Waals surface area contributed by atoms with E-state index < -0.39 is 11.9 Å². The summed E-state index contributed by atoms with van der Waals surface area (Å²) in [6, 6.07) is -0.878. The number of hydrogen-bond donors (Lipinski definition) is 2. The van der Waals surface area contributed by atoms with Crippen LogP contribution in [0.5, 0.6) is 0 Å². The molecule has 170 valence electrons. The van der Waals surface area contributed by atoms with Crippen LogP contribution in [0, 0.1) is 35.0 Å². The van der Waals surface area contributed by atoms with Crippen molar-refractivity contribution in [2.75, 3.05) is 12.0 Å². The Morgan fingerprint density at radius 3 is 1.97 bits per heavy atom. The summed E-state index contributed by atoms with van der Waals surface area (Å²) in [5.41, 5.74) is 4.94. The third-order valence-corrected chi connectivity index (χ3v) is 9.28. The van der Waals surface area contributed by atoms with Gasteiger partial charge in [0.25, 0.3) is 5.91 Å². The van der Waals surface area contributed by atoms with Crippen molar-refractivity contribution in [2.45, 2.75) is 70.3 Å². The number of hydrogen-bond acceptors (Lipinski definition) is 5. The monoisotopic (exact) mass is 447 g/mol. The number of carbonyl (C=O) groups is 4. The molecule has 0 aromatic carbocycles. The van der Waals surface area contributed by atoms with E-state index in [0.717, 1.165) is 44.9 Å². The van der Waals surface area contributed by atoms with Crippen LogP contribution in [-0.2, 0) is 19.2 Å². The van der Waals surface area contributed by atoms with E-state index in [2.05, 4.69) is 10.9 Å². The SMILES string of the molecule is CSC[C@H](C(=O)NNC(=O)C12CC3CC(CC(C3)C1)C2)N1C(=O)[C@H]2CCCC[C@H]2C1=O. The number of rotatable bonds is 5. The molecule has 1 aliphatic heterocycles. The Morgan fingerprint density at radius 2 is 1.48 bits per heavy atom. The Hall–Kier alpha value is -1.57. The molecule has 0 aromatic rings. The van der Waals surface area contributed by atoms with Gasteiger partial charge in [-0.3, -0.25) is 34.9 Å². The van der Waals surface area contributed by atoms with Gasteiger partial charge in [-0.05, 0) is 75.4 Å². The van der Waals surface area contributed by atoms with Crippen LogP contribution in [0.4, 0.5) is 0 Å². The number of imide groups is 1. The van der Waals surface area contributed by atoms with Crippen molar-refractivity contribution in [2.24, 2.45) is 35.0 Å². The van der Waals surface area contributed by atoms with E-state index >= 15 is 0 Å². The molecule has 6 rings (SSSR count). The molecule has 31 heavy (non-hydrogen) atoms. The normalized spacial score (nSPS) is 39.4. The molecule has 7 nitrogen and oxygen atoms in total. The molecular weight excluding hydrogens is 414 g/mol. The van der Waals surface area contributed by atoms with Gasteiger partial charge in [0.2, 0.25) is 17.7 Å². The average Bonchev–Trinajstić information content (AvgIpc) is 2.99. The summed E-state index contributed by atoms with van der Waals surface area (Å²) in [5, 5.41) is 0. The molecule has 6 fully saturated rings. The van der Waals surface area contributed by atoms with E-state index in [9.17, 15) is 19.2 Å². The molecule has 5 aliphatic carbocycles. The number of nitrogens with one attached hydrogen (secondary N) is 2. The van der Waals surface area contributed by atoms with Crippen LogP contribution < -0.4 is 10.9 Å². The fraction of sp³-hybridized carbons (Fsp3) is 0.826. The molecule has 1 saturated heterocycles. The highest BCUT2D eigenvalue weighted by atomic mass is 32.2. The summed E-state index contributed by atoms with van der Waals surface area (Å²) in [4.78, 5) is 53.4. The molecule has 6 aliphatic rings. The van der Waals surface area contributed by atoms with Gasteiger partial charge in [-0.2, -0.15) is 11.8 Å². The largest absolute Gasteiger partial charge is 0.274 e. The van der Waals surface area contributed by atoms with Crippen LogP contribution >= 0.6 is 11.8 Å². The molecule has 0 aromatic heterocycles. The lowest BCUT2D eigenvalue weighted by Gasteiger charge is -2.55. The number of thioether (sulfide) groups is 1. The molecule has 4 amide bonds. The topological polar surface area (TPSA) is 95.6 Å². The van der Waals surface area contributed by atoms with Crippen LogP contribution in [0.1, 0.15) is 64.2 Å². The van der Waals surface area contributed by atoms with Gasteiger partial charge in [0.15, 0.2) is 0 Å². The van der Waals surface area contributed by atoms with E-state index in [1.54, 1.807) is 0 Å².